The first-order chi connectivity index (χ1) is 10.4. The van der Waals surface area contributed by atoms with Crippen molar-refractivity contribution in [2.45, 2.75) is 57.8 Å². The molecule has 0 bridgehead atoms. The van der Waals surface area contributed by atoms with Gasteiger partial charge < -0.3 is 0 Å². The Morgan fingerprint density at radius 1 is 0.571 bits per heavy atom. The highest BCUT2D eigenvalue weighted by molar-refractivity contribution is 5.36. The molecule has 0 saturated carbocycles. The van der Waals surface area contributed by atoms with Crippen LogP contribution in [0.5, 0.6) is 0 Å². The molecule has 0 heterocycles. The third kappa shape index (κ3) is 2.77. The standard InChI is InChI=1S/C21H24/c1(4-16-10-12-18-6-2-8-20(18)14-16)5-17-11-13-19-7-3-9-21(19)15-17/h10-15H,1-9H2. The fourth-order valence-corrected chi connectivity index (χ4v) is 4.06. The van der Waals surface area contributed by atoms with E-state index in [1.165, 1.54) is 68.9 Å². The summed E-state index contributed by atoms with van der Waals surface area (Å²) < 4.78 is 0. The van der Waals surface area contributed by atoms with Gasteiger partial charge in [-0.15, -0.1) is 0 Å². The second-order valence-corrected chi connectivity index (χ2v) is 6.77. The first kappa shape index (κ1) is 13.1. The second-order valence-electron chi connectivity index (χ2n) is 6.77. The molecule has 0 amide bonds. The fourth-order valence-electron chi connectivity index (χ4n) is 4.06. The zero-order valence-electron chi connectivity index (χ0n) is 12.8. The molecule has 0 aliphatic heterocycles. The van der Waals surface area contributed by atoms with Crippen molar-refractivity contribution in [1.82, 2.24) is 0 Å². The lowest BCUT2D eigenvalue weighted by atomic mass is 9.99. The number of aryl methyl sites for hydroxylation is 6. The summed E-state index contributed by atoms with van der Waals surface area (Å²) in [6.07, 6.45) is 11.6. The zero-order valence-corrected chi connectivity index (χ0v) is 12.8. The van der Waals surface area contributed by atoms with Crippen molar-refractivity contribution in [3.63, 3.8) is 0 Å². The van der Waals surface area contributed by atoms with Crippen molar-refractivity contribution in [2.24, 2.45) is 0 Å². The van der Waals surface area contributed by atoms with E-state index in [2.05, 4.69) is 36.4 Å². The van der Waals surface area contributed by atoms with E-state index in [4.69, 9.17) is 0 Å². The number of hydrogen-bond acceptors (Lipinski definition) is 0. The Labute approximate surface area is 128 Å². The summed E-state index contributed by atoms with van der Waals surface area (Å²) in [5.74, 6) is 0. The average Bonchev–Trinajstić information content (AvgIpc) is 3.14. The van der Waals surface area contributed by atoms with Gasteiger partial charge in [-0.25, -0.2) is 0 Å². The molecule has 2 aromatic carbocycles. The molecule has 0 unspecified atom stereocenters. The minimum atomic E-state index is 1.23. The molecular formula is C21H24. The first-order valence-electron chi connectivity index (χ1n) is 8.60. The SMILES string of the molecule is c1cc2c(cc1CCCc1ccc3c(c1)CCC3)CCC2. The Morgan fingerprint density at radius 2 is 1.05 bits per heavy atom. The van der Waals surface area contributed by atoms with Crippen molar-refractivity contribution in [1.29, 1.82) is 0 Å². The Morgan fingerprint density at radius 3 is 1.57 bits per heavy atom. The predicted octanol–water partition coefficient (Wildman–Crippen LogP) is 4.84. The lowest BCUT2D eigenvalue weighted by Crippen LogP contribution is -1.93. The van der Waals surface area contributed by atoms with E-state index >= 15 is 0 Å². The van der Waals surface area contributed by atoms with Crippen molar-refractivity contribution in [2.75, 3.05) is 0 Å². The maximum Gasteiger partial charge on any atom is -0.0273 e. The molecule has 0 N–H and O–H groups in total. The van der Waals surface area contributed by atoms with E-state index in [1.54, 1.807) is 22.3 Å². The molecule has 4 rings (SSSR count). The largest absolute Gasteiger partial charge is 0.0588 e. The molecule has 0 fully saturated rings. The fraction of sp³-hybridized carbons (Fsp3) is 0.429. The van der Waals surface area contributed by atoms with Gasteiger partial charge in [0, 0.05) is 0 Å². The van der Waals surface area contributed by atoms with Crippen LogP contribution >= 0.6 is 0 Å². The monoisotopic (exact) mass is 276 g/mol. The zero-order chi connectivity index (χ0) is 14.1. The highest BCUT2D eigenvalue weighted by Gasteiger charge is 2.12. The Hall–Kier alpha value is -1.56. The normalized spacial score (nSPS) is 16.0. The molecule has 2 aromatic rings. The van der Waals surface area contributed by atoms with E-state index < -0.39 is 0 Å². The van der Waals surface area contributed by atoms with Gasteiger partial charge in [-0.3, -0.25) is 0 Å². The Bertz CT molecular complexity index is 594. The van der Waals surface area contributed by atoms with Crippen molar-refractivity contribution in [3.05, 3.63) is 69.8 Å². The highest BCUT2D eigenvalue weighted by Crippen LogP contribution is 2.25. The van der Waals surface area contributed by atoms with E-state index in [0.717, 1.165) is 0 Å². The molecule has 0 heteroatoms. The molecule has 0 spiro atoms. The summed E-state index contributed by atoms with van der Waals surface area (Å²) in [7, 11) is 0. The van der Waals surface area contributed by atoms with Crippen LogP contribution in [-0.4, -0.2) is 0 Å². The van der Waals surface area contributed by atoms with Crippen LogP contribution in [0.4, 0.5) is 0 Å². The molecule has 2 aliphatic rings. The molecule has 2 aliphatic carbocycles. The minimum absolute atomic E-state index is 1.23. The third-order valence-electron chi connectivity index (χ3n) is 5.26. The van der Waals surface area contributed by atoms with E-state index in [9.17, 15) is 0 Å². The van der Waals surface area contributed by atoms with Gasteiger partial charge in [0.25, 0.3) is 0 Å². The van der Waals surface area contributed by atoms with Crippen molar-refractivity contribution < 1.29 is 0 Å². The summed E-state index contributed by atoms with van der Waals surface area (Å²) in [6.45, 7) is 0. The van der Waals surface area contributed by atoms with Crippen molar-refractivity contribution >= 4 is 0 Å². The van der Waals surface area contributed by atoms with Gasteiger partial charge in [-0.05, 0) is 91.2 Å². The molecule has 0 atom stereocenters. The summed E-state index contributed by atoms with van der Waals surface area (Å²) in [4.78, 5) is 0. The van der Waals surface area contributed by atoms with E-state index in [-0.39, 0.29) is 0 Å². The molecule has 0 radical (unpaired) electrons. The molecule has 0 saturated heterocycles. The second kappa shape index (κ2) is 5.67. The summed E-state index contributed by atoms with van der Waals surface area (Å²) in [5.41, 5.74) is 9.50. The van der Waals surface area contributed by atoms with Crippen LogP contribution in [0.1, 0.15) is 52.6 Å². The van der Waals surface area contributed by atoms with Gasteiger partial charge in [0.15, 0.2) is 0 Å². The van der Waals surface area contributed by atoms with Crippen LogP contribution in [-0.2, 0) is 38.5 Å². The highest BCUT2D eigenvalue weighted by atomic mass is 14.2. The van der Waals surface area contributed by atoms with Crippen LogP contribution in [0.3, 0.4) is 0 Å². The number of benzene rings is 2. The van der Waals surface area contributed by atoms with E-state index in [0.29, 0.717) is 0 Å². The maximum atomic E-state index is 2.46. The lowest BCUT2D eigenvalue weighted by Gasteiger charge is -2.07. The van der Waals surface area contributed by atoms with E-state index in [1.807, 2.05) is 0 Å². The summed E-state index contributed by atoms with van der Waals surface area (Å²) in [5, 5.41) is 0. The number of hydrogen-bond donors (Lipinski definition) is 0. The summed E-state index contributed by atoms with van der Waals surface area (Å²) >= 11 is 0. The molecule has 0 aromatic heterocycles. The maximum absolute atomic E-state index is 2.46. The van der Waals surface area contributed by atoms with Crippen molar-refractivity contribution in [3.8, 4) is 0 Å². The smallest absolute Gasteiger partial charge is 0.0273 e. The first-order valence-corrected chi connectivity index (χ1v) is 8.60. The third-order valence-corrected chi connectivity index (χ3v) is 5.26. The Balaban J connectivity index is 1.37. The van der Waals surface area contributed by atoms with Gasteiger partial charge in [0.1, 0.15) is 0 Å². The quantitative estimate of drug-likeness (QED) is 0.749. The minimum Gasteiger partial charge on any atom is -0.0588 e. The summed E-state index contributed by atoms with van der Waals surface area (Å²) in [6, 6.07) is 14.4. The van der Waals surface area contributed by atoms with Crippen LogP contribution in [0.15, 0.2) is 36.4 Å². The van der Waals surface area contributed by atoms with Gasteiger partial charge >= 0.3 is 0 Å². The topological polar surface area (TPSA) is 0 Å². The predicted molar refractivity (Wildman–Crippen MR) is 89.0 cm³/mol. The van der Waals surface area contributed by atoms with Crippen LogP contribution < -0.4 is 0 Å². The van der Waals surface area contributed by atoms with Crippen LogP contribution in [0.2, 0.25) is 0 Å². The molecule has 108 valence electrons. The van der Waals surface area contributed by atoms with Gasteiger partial charge in [-0.1, -0.05) is 36.4 Å². The van der Waals surface area contributed by atoms with Gasteiger partial charge in [0.05, 0.1) is 0 Å². The molecular weight excluding hydrogens is 252 g/mol. The Kier molecular flexibility index (Phi) is 3.55. The van der Waals surface area contributed by atoms with Gasteiger partial charge in [-0.2, -0.15) is 0 Å². The van der Waals surface area contributed by atoms with Gasteiger partial charge in [0.2, 0.25) is 0 Å². The lowest BCUT2D eigenvalue weighted by molar-refractivity contribution is 0.818. The number of fused-ring (bicyclic) bond motifs is 2. The van der Waals surface area contributed by atoms with Crippen LogP contribution in [0.25, 0.3) is 0 Å². The van der Waals surface area contributed by atoms with Crippen LogP contribution in [0, 0.1) is 0 Å². The molecule has 21 heavy (non-hydrogen) atoms. The molecule has 0 nitrogen and oxygen atoms in total. The number of rotatable bonds is 4. The average molecular weight is 276 g/mol.